The van der Waals surface area contributed by atoms with E-state index in [0.717, 1.165) is 34.9 Å². The summed E-state index contributed by atoms with van der Waals surface area (Å²) >= 11 is 3.42. The predicted octanol–water partition coefficient (Wildman–Crippen LogP) is 4.13. The van der Waals surface area contributed by atoms with Crippen molar-refractivity contribution in [2.45, 2.75) is 25.7 Å². The van der Waals surface area contributed by atoms with E-state index < -0.39 is 0 Å². The lowest BCUT2D eigenvalue weighted by Crippen LogP contribution is -2.06. The molecular formula is C13H13BrO. The molecule has 0 aromatic heterocycles. The van der Waals surface area contributed by atoms with E-state index in [-0.39, 0.29) is 5.78 Å². The maximum absolute atomic E-state index is 12.1. The van der Waals surface area contributed by atoms with Crippen molar-refractivity contribution in [1.82, 2.24) is 0 Å². The van der Waals surface area contributed by atoms with E-state index >= 15 is 0 Å². The summed E-state index contributed by atoms with van der Waals surface area (Å²) in [5.41, 5.74) is 1.76. The van der Waals surface area contributed by atoms with Crippen LogP contribution >= 0.6 is 15.9 Å². The highest BCUT2D eigenvalue weighted by Gasteiger charge is 2.15. The summed E-state index contributed by atoms with van der Waals surface area (Å²) in [7, 11) is 0. The van der Waals surface area contributed by atoms with Crippen LogP contribution in [0.5, 0.6) is 0 Å². The zero-order valence-electron chi connectivity index (χ0n) is 8.50. The molecule has 0 amide bonds. The number of allylic oxidation sites excluding steroid dienone is 2. The molecule has 0 radical (unpaired) electrons. The number of hydrogen-bond acceptors (Lipinski definition) is 1. The topological polar surface area (TPSA) is 17.1 Å². The first-order valence-corrected chi connectivity index (χ1v) is 6.06. The first kappa shape index (κ1) is 10.6. The molecule has 0 heterocycles. The molecule has 15 heavy (non-hydrogen) atoms. The Morgan fingerprint density at radius 1 is 1.20 bits per heavy atom. The van der Waals surface area contributed by atoms with Gasteiger partial charge < -0.3 is 0 Å². The van der Waals surface area contributed by atoms with Crippen molar-refractivity contribution >= 4 is 21.7 Å². The van der Waals surface area contributed by atoms with Crippen LogP contribution in [0, 0.1) is 0 Å². The third-order valence-electron chi connectivity index (χ3n) is 2.70. The summed E-state index contributed by atoms with van der Waals surface area (Å²) in [4.78, 5) is 12.1. The quantitative estimate of drug-likeness (QED) is 0.735. The number of Topliss-reactive ketones (excluding diaryl/α,β-unsaturated/α-hetero) is 1. The number of hydrogen-bond donors (Lipinski definition) is 0. The van der Waals surface area contributed by atoms with Crippen molar-refractivity contribution < 1.29 is 4.79 Å². The molecule has 0 fully saturated rings. The fourth-order valence-corrected chi connectivity index (χ4v) is 2.33. The summed E-state index contributed by atoms with van der Waals surface area (Å²) in [5.74, 6) is 0.183. The van der Waals surface area contributed by atoms with E-state index in [1.54, 1.807) is 0 Å². The number of carbonyl (C=O) groups excluding carboxylic acids is 1. The van der Waals surface area contributed by atoms with Gasteiger partial charge in [-0.2, -0.15) is 0 Å². The second-order valence-electron chi connectivity index (χ2n) is 3.78. The zero-order chi connectivity index (χ0) is 10.7. The largest absolute Gasteiger partial charge is 0.289 e. The summed E-state index contributed by atoms with van der Waals surface area (Å²) in [6.07, 6.45) is 6.42. The SMILES string of the molecule is O=C(C1=CCCCC1)c1ccccc1Br. The van der Waals surface area contributed by atoms with Gasteiger partial charge in [0.2, 0.25) is 0 Å². The average Bonchev–Trinajstić information content (AvgIpc) is 2.30. The normalized spacial score (nSPS) is 15.9. The van der Waals surface area contributed by atoms with Gasteiger partial charge in [0.05, 0.1) is 0 Å². The standard InChI is InChI=1S/C13H13BrO/c14-12-9-5-4-8-11(12)13(15)10-6-2-1-3-7-10/h4-6,8-9H,1-3,7H2. The van der Waals surface area contributed by atoms with Crippen molar-refractivity contribution in [1.29, 1.82) is 0 Å². The number of rotatable bonds is 2. The van der Waals surface area contributed by atoms with Crippen LogP contribution in [0.3, 0.4) is 0 Å². The smallest absolute Gasteiger partial charge is 0.189 e. The molecule has 1 aromatic carbocycles. The van der Waals surface area contributed by atoms with Crippen LogP contribution in [0.15, 0.2) is 40.4 Å². The third kappa shape index (κ3) is 2.37. The number of carbonyl (C=O) groups is 1. The molecule has 0 saturated carbocycles. The van der Waals surface area contributed by atoms with Gasteiger partial charge in [0.15, 0.2) is 5.78 Å². The lowest BCUT2D eigenvalue weighted by atomic mass is 9.93. The summed E-state index contributed by atoms with van der Waals surface area (Å²) in [6, 6.07) is 7.62. The second kappa shape index (κ2) is 4.75. The average molecular weight is 265 g/mol. The molecule has 1 aromatic rings. The molecule has 0 unspecified atom stereocenters. The Balaban J connectivity index is 2.28. The maximum Gasteiger partial charge on any atom is 0.189 e. The highest BCUT2D eigenvalue weighted by molar-refractivity contribution is 9.10. The molecule has 1 aliphatic rings. The summed E-state index contributed by atoms with van der Waals surface area (Å²) < 4.78 is 0.890. The highest BCUT2D eigenvalue weighted by atomic mass is 79.9. The van der Waals surface area contributed by atoms with Gasteiger partial charge >= 0.3 is 0 Å². The minimum absolute atomic E-state index is 0.183. The van der Waals surface area contributed by atoms with Gasteiger partial charge in [-0.1, -0.05) is 34.1 Å². The first-order valence-electron chi connectivity index (χ1n) is 5.27. The molecule has 0 N–H and O–H groups in total. The molecule has 1 aliphatic carbocycles. The van der Waals surface area contributed by atoms with Gasteiger partial charge in [0.1, 0.15) is 0 Å². The molecule has 0 aliphatic heterocycles. The fraction of sp³-hybridized carbons (Fsp3) is 0.308. The van der Waals surface area contributed by atoms with Crippen LogP contribution in [0.2, 0.25) is 0 Å². The van der Waals surface area contributed by atoms with Crippen LogP contribution < -0.4 is 0 Å². The van der Waals surface area contributed by atoms with Crippen molar-refractivity contribution in [3.8, 4) is 0 Å². The second-order valence-corrected chi connectivity index (χ2v) is 4.64. The van der Waals surface area contributed by atoms with Gasteiger partial charge in [0, 0.05) is 10.0 Å². The van der Waals surface area contributed by atoms with Crippen LogP contribution in [0.25, 0.3) is 0 Å². The van der Waals surface area contributed by atoms with Gasteiger partial charge in [-0.15, -0.1) is 0 Å². The van der Waals surface area contributed by atoms with E-state index in [4.69, 9.17) is 0 Å². The van der Waals surface area contributed by atoms with Crippen molar-refractivity contribution in [2.24, 2.45) is 0 Å². The minimum Gasteiger partial charge on any atom is -0.289 e. The Hall–Kier alpha value is -0.890. The van der Waals surface area contributed by atoms with Gasteiger partial charge in [0.25, 0.3) is 0 Å². The fourth-order valence-electron chi connectivity index (χ4n) is 1.86. The predicted molar refractivity (Wildman–Crippen MR) is 65.0 cm³/mol. The van der Waals surface area contributed by atoms with Crippen LogP contribution in [0.4, 0.5) is 0 Å². The molecule has 2 rings (SSSR count). The third-order valence-corrected chi connectivity index (χ3v) is 3.39. The molecule has 0 saturated heterocycles. The molecule has 2 heteroatoms. The van der Waals surface area contributed by atoms with E-state index in [1.165, 1.54) is 6.42 Å². The Kier molecular flexibility index (Phi) is 3.37. The van der Waals surface area contributed by atoms with Crippen molar-refractivity contribution in [3.63, 3.8) is 0 Å². The highest BCUT2D eigenvalue weighted by Crippen LogP contribution is 2.24. The monoisotopic (exact) mass is 264 g/mol. The number of halogens is 1. The molecule has 78 valence electrons. The summed E-state index contributed by atoms with van der Waals surface area (Å²) in [5, 5.41) is 0. The molecule has 0 spiro atoms. The lowest BCUT2D eigenvalue weighted by Gasteiger charge is -2.12. The maximum atomic E-state index is 12.1. The lowest BCUT2D eigenvalue weighted by molar-refractivity contribution is 0.102. The van der Waals surface area contributed by atoms with E-state index in [1.807, 2.05) is 24.3 Å². The van der Waals surface area contributed by atoms with Gasteiger partial charge in [-0.05, 0) is 43.4 Å². The molecular weight excluding hydrogens is 252 g/mol. The van der Waals surface area contributed by atoms with Crippen LogP contribution in [-0.4, -0.2) is 5.78 Å². The Labute approximate surface area is 98.3 Å². The van der Waals surface area contributed by atoms with Gasteiger partial charge in [-0.3, -0.25) is 4.79 Å². The zero-order valence-corrected chi connectivity index (χ0v) is 10.1. The number of ketones is 1. The summed E-state index contributed by atoms with van der Waals surface area (Å²) in [6.45, 7) is 0. The molecule has 0 atom stereocenters. The Morgan fingerprint density at radius 2 is 2.00 bits per heavy atom. The van der Waals surface area contributed by atoms with E-state index in [9.17, 15) is 4.79 Å². The Morgan fingerprint density at radius 3 is 2.67 bits per heavy atom. The molecule has 0 bridgehead atoms. The van der Waals surface area contributed by atoms with Crippen LogP contribution in [0.1, 0.15) is 36.0 Å². The number of benzene rings is 1. The first-order chi connectivity index (χ1) is 7.29. The van der Waals surface area contributed by atoms with Crippen molar-refractivity contribution in [2.75, 3.05) is 0 Å². The Bertz CT molecular complexity index is 407. The van der Waals surface area contributed by atoms with Crippen LogP contribution in [-0.2, 0) is 0 Å². The molecule has 1 nitrogen and oxygen atoms in total. The minimum atomic E-state index is 0.183. The van der Waals surface area contributed by atoms with E-state index in [0.29, 0.717) is 0 Å². The van der Waals surface area contributed by atoms with Gasteiger partial charge in [-0.25, -0.2) is 0 Å². The van der Waals surface area contributed by atoms with E-state index in [2.05, 4.69) is 22.0 Å². The van der Waals surface area contributed by atoms with Crippen molar-refractivity contribution in [3.05, 3.63) is 46.0 Å².